The molecule has 0 radical (unpaired) electrons. The molecular weight excluding hydrogens is 232 g/mol. The van der Waals surface area contributed by atoms with Gasteiger partial charge in [0.15, 0.2) is 0 Å². The fourth-order valence-electron chi connectivity index (χ4n) is 2.83. The van der Waals surface area contributed by atoms with Crippen molar-refractivity contribution < 1.29 is 19.4 Å². The molecule has 0 amide bonds. The summed E-state index contributed by atoms with van der Waals surface area (Å²) in [7, 11) is 3.09. The maximum absolute atomic E-state index is 11.9. The molecule has 106 valence electrons. The normalized spacial score (nSPS) is 29.9. The van der Waals surface area contributed by atoms with E-state index in [2.05, 4.69) is 6.92 Å². The van der Waals surface area contributed by atoms with Crippen molar-refractivity contribution in [2.75, 3.05) is 14.2 Å². The SMILES string of the molecule is CCCCC(C(=O)OC)C1(O)CCC(OC)CC1. The summed E-state index contributed by atoms with van der Waals surface area (Å²) in [6.07, 6.45) is 5.75. The van der Waals surface area contributed by atoms with Crippen molar-refractivity contribution >= 4 is 5.97 Å². The molecule has 1 fully saturated rings. The minimum Gasteiger partial charge on any atom is -0.469 e. The Labute approximate surface area is 110 Å². The van der Waals surface area contributed by atoms with Crippen LogP contribution in [0.1, 0.15) is 51.9 Å². The van der Waals surface area contributed by atoms with Crippen molar-refractivity contribution in [3.8, 4) is 0 Å². The first-order valence-electron chi connectivity index (χ1n) is 6.90. The second kappa shape index (κ2) is 7.10. The predicted molar refractivity (Wildman–Crippen MR) is 69.2 cm³/mol. The molecule has 1 N–H and O–H groups in total. The van der Waals surface area contributed by atoms with Crippen LogP contribution < -0.4 is 0 Å². The molecule has 1 unspecified atom stereocenters. The average molecular weight is 258 g/mol. The van der Waals surface area contributed by atoms with E-state index in [1.54, 1.807) is 7.11 Å². The number of carbonyl (C=O) groups is 1. The van der Waals surface area contributed by atoms with E-state index in [4.69, 9.17) is 9.47 Å². The van der Waals surface area contributed by atoms with Crippen LogP contribution in [0.15, 0.2) is 0 Å². The molecule has 0 bridgehead atoms. The van der Waals surface area contributed by atoms with Crippen molar-refractivity contribution in [2.24, 2.45) is 5.92 Å². The molecule has 0 aliphatic heterocycles. The van der Waals surface area contributed by atoms with Crippen LogP contribution in [0.4, 0.5) is 0 Å². The molecule has 1 aliphatic carbocycles. The van der Waals surface area contributed by atoms with E-state index in [1.807, 2.05) is 0 Å². The first-order chi connectivity index (χ1) is 8.57. The zero-order valence-corrected chi connectivity index (χ0v) is 11.8. The second-order valence-electron chi connectivity index (χ2n) is 5.26. The predicted octanol–water partition coefficient (Wildman–Crippen LogP) is 2.29. The number of esters is 1. The highest BCUT2D eigenvalue weighted by molar-refractivity contribution is 5.73. The van der Waals surface area contributed by atoms with Gasteiger partial charge in [-0.2, -0.15) is 0 Å². The Bertz CT molecular complexity index is 257. The van der Waals surface area contributed by atoms with E-state index in [0.29, 0.717) is 19.3 Å². The molecule has 0 aromatic rings. The molecule has 18 heavy (non-hydrogen) atoms. The summed E-state index contributed by atoms with van der Waals surface area (Å²) in [5.74, 6) is -0.665. The Kier molecular flexibility index (Phi) is 6.09. The zero-order chi connectivity index (χ0) is 13.6. The lowest BCUT2D eigenvalue weighted by Crippen LogP contribution is -2.46. The summed E-state index contributed by atoms with van der Waals surface area (Å²) >= 11 is 0. The molecule has 0 aromatic carbocycles. The van der Waals surface area contributed by atoms with Gasteiger partial charge in [-0.25, -0.2) is 0 Å². The summed E-state index contributed by atoms with van der Waals surface area (Å²) in [4.78, 5) is 11.9. The first kappa shape index (κ1) is 15.4. The number of hydrogen-bond acceptors (Lipinski definition) is 4. The minimum absolute atomic E-state index is 0.217. The number of rotatable bonds is 6. The van der Waals surface area contributed by atoms with Crippen LogP contribution in [0, 0.1) is 5.92 Å². The van der Waals surface area contributed by atoms with Crippen molar-refractivity contribution in [1.82, 2.24) is 0 Å². The summed E-state index contributed by atoms with van der Waals surface area (Å²) in [5, 5.41) is 10.7. The van der Waals surface area contributed by atoms with Crippen LogP contribution in [0.3, 0.4) is 0 Å². The van der Waals surface area contributed by atoms with E-state index in [0.717, 1.165) is 25.7 Å². The van der Waals surface area contributed by atoms with Gasteiger partial charge in [-0.05, 0) is 32.1 Å². The molecule has 0 saturated heterocycles. The first-order valence-corrected chi connectivity index (χ1v) is 6.90. The van der Waals surface area contributed by atoms with Gasteiger partial charge in [0.2, 0.25) is 0 Å². The van der Waals surface area contributed by atoms with Gasteiger partial charge in [0, 0.05) is 7.11 Å². The second-order valence-corrected chi connectivity index (χ2v) is 5.26. The molecule has 4 heteroatoms. The lowest BCUT2D eigenvalue weighted by Gasteiger charge is -2.40. The van der Waals surface area contributed by atoms with Gasteiger partial charge >= 0.3 is 5.97 Å². The minimum atomic E-state index is -0.905. The van der Waals surface area contributed by atoms with E-state index < -0.39 is 5.60 Å². The molecule has 1 saturated carbocycles. The Balaban J connectivity index is 2.68. The fraction of sp³-hybridized carbons (Fsp3) is 0.929. The van der Waals surface area contributed by atoms with Gasteiger partial charge in [-0.15, -0.1) is 0 Å². The lowest BCUT2D eigenvalue weighted by molar-refractivity contribution is -0.161. The number of ether oxygens (including phenoxy) is 2. The molecule has 0 spiro atoms. The molecule has 0 aromatic heterocycles. The summed E-state index contributed by atoms with van der Waals surface area (Å²) < 4.78 is 10.2. The van der Waals surface area contributed by atoms with Crippen LogP contribution in [-0.2, 0) is 14.3 Å². The average Bonchev–Trinajstić information content (AvgIpc) is 2.39. The van der Waals surface area contributed by atoms with Crippen molar-refractivity contribution in [2.45, 2.75) is 63.6 Å². The molecule has 1 atom stereocenters. The number of carbonyl (C=O) groups excluding carboxylic acids is 1. The van der Waals surface area contributed by atoms with Gasteiger partial charge < -0.3 is 14.6 Å². The number of unbranched alkanes of at least 4 members (excludes halogenated alkanes) is 1. The molecule has 1 rings (SSSR count). The maximum Gasteiger partial charge on any atom is 0.311 e. The quantitative estimate of drug-likeness (QED) is 0.743. The standard InChI is InChI=1S/C14H26O4/c1-4-5-6-12(13(15)18-3)14(16)9-7-11(17-2)8-10-14/h11-12,16H,4-10H2,1-3H3. The highest BCUT2D eigenvalue weighted by atomic mass is 16.5. The van der Waals surface area contributed by atoms with Gasteiger partial charge in [0.05, 0.1) is 24.7 Å². The van der Waals surface area contributed by atoms with Crippen LogP contribution in [0.2, 0.25) is 0 Å². The highest BCUT2D eigenvalue weighted by Gasteiger charge is 2.44. The molecule has 1 aliphatic rings. The topological polar surface area (TPSA) is 55.8 Å². The Morgan fingerprint density at radius 2 is 2.00 bits per heavy atom. The Morgan fingerprint density at radius 3 is 2.44 bits per heavy atom. The smallest absolute Gasteiger partial charge is 0.311 e. The largest absolute Gasteiger partial charge is 0.469 e. The number of methoxy groups -OCH3 is 2. The Hall–Kier alpha value is -0.610. The van der Waals surface area contributed by atoms with Crippen LogP contribution in [0.5, 0.6) is 0 Å². The third kappa shape index (κ3) is 3.69. The monoisotopic (exact) mass is 258 g/mol. The lowest BCUT2D eigenvalue weighted by atomic mass is 9.73. The third-order valence-corrected chi connectivity index (χ3v) is 4.11. The van der Waals surface area contributed by atoms with Gasteiger partial charge in [-0.3, -0.25) is 4.79 Å². The summed E-state index contributed by atoms with van der Waals surface area (Å²) in [6.45, 7) is 2.08. The van der Waals surface area contributed by atoms with Gasteiger partial charge in [-0.1, -0.05) is 19.8 Å². The number of aliphatic hydroxyl groups is 1. The molecular formula is C14H26O4. The Morgan fingerprint density at radius 1 is 1.39 bits per heavy atom. The number of hydrogen-bond donors (Lipinski definition) is 1. The third-order valence-electron chi connectivity index (χ3n) is 4.11. The van der Waals surface area contributed by atoms with Gasteiger partial charge in [0.1, 0.15) is 0 Å². The van der Waals surface area contributed by atoms with Crippen molar-refractivity contribution in [3.05, 3.63) is 0 Å². The summed E-state index contributed by atoms with van der Waals surface area (Å²) in [5.41, 5.74) is -0.905. The van der Waals surface area contributed by atoms with Crippen LogP contribution >= 0.6 is 0 Å². The fourth-order valence-corrected chi connectivity index (χ4v) is 2.83. The summed E-state index contributed by atoms with van der Waals surface area (Å²) in [6, 6.07) is 0. The van der Waals surface area contributed by atoms with E-state index in [9.17, 15) is 9.90 Å². The van der Waals surface area contributed by atoms with Crippen molar-refractivity contribution in [1.29, 1.82) is 0 Å². The molecule has 0 heterocycles. The van der Waals surface area contributed by atoms with Crippen LogP contribution in [-0.4, -0.2) is 37.0 Å². The van der Waals surface area contributed by atoms with Gasteiger partial charge in [0.25, 0.3) is 0 Å². The maximum atomic E-state index is 11.9. The van der Waals surface area contributed by atoms with E-state index in [1.165, 1.54) is 7.11 Å². The molecule has 4 nitrogen and oxygen atoms in total. The highest BCUT2D eigenvalue weighted by Crippen LogP contribution is 2.38. The van der Waals surface area contributed by atoms with E-state index in [-0.39, 0.29) is 18.0 Å². The zero-order valence-electron chi connectivity index (χ0n) is 11.8. The van der Waals surface area contributed by atoms with Crippen LogP contribution in [0.25, 0.3) is 0 Å². The van der Waals surface area contributed by atoms with Crippen molar-refractivity contribution in [3.63, 3.8) is 0 Å². The van der Waals surface area contributed by atoms with E-state index >= 15 is 0 Å².